The molecule has 1 amide bonds. The van der Waals surface area contributed by atoms with E-state index >= 15 is 0 Å². The molecule has 0 saturated carbocycles. The van der Waals surface area contributed by atoms with Crippen LogP contribution in [0.3, 0.4) is 0 Å². The molecule has 1 aliphatic rings. The van der Waals surface area contributed by atoms with Crippen molar-refractivity contribution >= 4 is 39.2 Å². The van der Waals surface area contributed by atoms with Gasteiger partial charge in [0.2, 0.25) is 0 Å². The van der Waals surface area contributed by atoms with Crippen LogP contribution in [0.25, 0.3) is 0 Å². The number of aryl methyl sites for hydroxylation is 1. The fraction of sp³-hybridized carbons (Fsp3) is 0.200. The molecule has 1 fully saturated rings. The Balaban J connectivity index is 2.38. The summed E-state index contributed by atoms with van der Waals surface area (Å²) in [6, 6.07) is 5.49. The largest absolute Gasteiger partial charge is 0.347 e. The quantitative estimate of drug-likeness (QED) is 0.773. The molecule has 0 aliphatic carbocycles. The minimum absolute atomic E-state index is 0.107. The van der Waals surface area contributed by atoms with Crippen LogP contribution in [-0.2, 0) is 4.79 Å². The van der Waals surface area contributed by atoms with E-state index in [1.807, 2.05) is 25.1 Å². The fourth-order valence-corrected chi connectivity index (χ4v) is 2.44. The third-order valence-corrected chi connectivity index (χ3v) is 3.15. The molecule has 1 unspecified atom stereocenters. The molecule has 1 atom stereocenters. The van der Waals surface area contributed by atoms with Gasteiger partial charge in [-0.1, -0.05) is 28.1 Å². The molecule has 78 valence electrons. The average molecular weight is 285 g/mol. The highest BCUT2D eigenvalue weighted by molar-refractivity contribution is 9.10. The lowest BCUT2D eigenvalue weighted by Gasteiger charge is -2.10. The Bertz CT molecular complexity index is 447. The van der Waals surface area contributed by atoms with Gasteiger partial charge >= 0.3 is 0 Å². The minimum atomic E-state index is -0.382. The summed E-state index contributed by atoms with van der Waals surface area (Å²) < 4.78 is 0.917. The maximum Gasteiger partial charge on any atom is 0.253 e. The maximum atomic E-state index is 11.5. The maximum absolute atomic E-state index is 11.5. The molecule has 1 aromatic rings. The Labute approximate surface area is 101 Å². The SMILES string of the molecule is Cc1ccc(C2NC(=S)NC2=O)c(Br)c1. The van der Waals surface area contributed by atoms with Gasteiger partial charge in [-0.3, -0.25) is 4.79 Å². The first kappa shape index (κ1) is 10.6. The van der Waals surface area contributed by atoms with E-state index in [0.717, 1.165) is 15.6 Å². The van der Waals surface area contributed by atoms with Crippen molar-refractivity contribution < 1.29 is 4.79 Å². The highest BCUT2D eigenvalue weighted by Crippen LogP contribution is 2.26. The van der Waals surface area contributed by atoms with Gasteiger partial charge in [0.05, 0.1) is 0 Å². The zero-order valence-electron chi connectivity index (χ0n) is 8.00. The summed E-state index contributed by atoms with van der Waals surface area (Å²) in [5.74, 6) is -0.107. The number of hydrogen-bond acceptors (Lipinski definition) is 2. The predicted molar refractivity (Wildman–Crippen MR) is 65.5 cm³/mol. The third kappa shape index (κ3) is 2.03. The Kier molecular flexibility index (Phi) is 2.75. The lowest BCUT2D eigenvalue weighted by Crippen LogP contribution is -2.21. The number of hydrogen-bond donors (Lipinski definition) is 2. The highest BCUT2D eigenvalue weighted by atomic mass is 79.9. The van der Waals surface area contributed by atoms with E-state index in [0.29, 0.717) is 5.11 Å². The van der Waals surface area contributed by atoms with Gasteiger partial charge in [0, 0.05) is 4.47 Å². The minimum Gasteiger partial charge on any atom is -0.347 e. The number of rotatable bonds is 1. The van der Waals surface area contributed by atoms with Crippen molar-refractivity contribution in [3.8, 4) is 0 Å². The zero-order valence-corrected chi connectivity index (χ0v) is 10.4. The molecule has 1 aromatic carbocycles. The Morgan fingerprint density at radius 2 is 2.20 bits per heavy atom. The van der Waals surface area contributed by atoms with E-state index in [9.17, 15) is 4.79 Å². The van der Waals surface area contributed by atoms with Crippen LogP contribution in [0.2, 0.25) is 0 Å². The number of thiocarbonyl (C=S) groups is 1. The zero-order chi connectivity index (χ0) is 11.0. The summed E-state index contributed by atoms with van der Waals surface area (Å²) in [6.07, 6.45) is 0. The summed E-state index contributed by atoms with van der Waals surface area (Å²) in [5, 5.41) is 5.88. The van der Waals surface area contributed by atoms with Crippen LogP contribution < -0.4 is 10.6 Å². The first-order valence-electron chi connectivity index (χ1n) is 4.45. The Hall–Kier alpha value is -0.940. The number of carbonyl (C=O) groups is 1. The lowest BCUT2D eigenvalue weighted by molar-refractivity contribution is -0.120. The van der Waals surface area contributed by atoms with Crippen molar-refractivity contribution in [3.05, 3.63) is 33.8 Å². The van der Waals surface area contributed by atoms with E-state index < -0.39 is 0 Å². The van der Waals surface area contributed by atoms with Crippen LogP contribution in [0.15, 0.2) is 22.7 Å². The smallest absolute Gasteiger partial charge is 0.253 e. The summed E-state index contributed by atoms with van der Waals surface area (Å²) in [7, 11) is 0. The van der Waals surface area contributed by atoms with Gasteiger partial charge < -0.3 is 10.6 Å². The first-order chi connectivity index (χ1) is 7.08. The first-order valence-corrected chi connectivity index (χ1v) is 5.65. The topological polar surface area (TPSA) is 41.1 Å². The van der Waals surface area contributed by atoms with Gasteiger partial charge in [0.25, 0.3) is 5.91 Å². The summed E-state index contributed by atoms with van der Waals surface area (Å²) in [4.78, 5) is 11.5. The third-order valence-electron chi connectivity index (χ3n) is 2.24. The molecule has 15 heavy (non-hydrogen) atoms. The second kappa shape index (κ2) is 3.90. The number of carbonyl (C=O) groups excluding carboxylic acids is 1. The molecular formula is C10H9BrN2OS. The molecule has 0 spiro atoms. The molecule has 5 heteroatoms. The second-order valence-corrected chi connectivity index (χ2v) is 4.68. The van der Waals surface area contributed by atoms with Crippen molar-refractivity contribution in [1.29, 1.82) is 0 Å². The van der Waals surface area contributed by atoms with Crippen LogP contribution in [0.5, 0.6) is 0 Å². The Morgan fingerprint density at radius 3 is 2.73 bits per heavy atom. The molecule has 2 rings (SSSR count). The number of halogens is 1. The van der Waals surface area contributed by atoms with Crippen LogP contribution in [-0.4, -0.2) is 11.0 Å². The van der Waals surface area contributed by atoms with Crippen molar-refractivity contribution in [1.82, 2.24) is 10.6 Å². The van der Waals surface area contributed by atoms with E-state index in [4.69, 9.17) is 12.2 Å². The van der Waals surface area contributed by atoms with Gasteiger partial charge in [-0.05, 0) is 36.3 Å². The van der Waals surface area contributed by atoms with Crippen LogP contribution in [0.4, 0.5) is 0 Å². The summed E-state index contributed by atoms with van der Waals surface area (Å²) in [6.45, 7) is 2.00. The van der Waals surface area contributed by atoms with Crippen molar-refractivity contribution in [2.75, 3.05) is 0 Å². The van der Waals surface area contributed by atoms with Gasteiger partial charge in [0.15, 0.2) is 5.11 Å². The molecule has 0 bridgehead atoms. The lowest BCUT2D eigenvalue weighted by atomic mass is 10.1. The van der Waals surface area contributed by atoms with Crippen LogP contribution in [0, 0.1) is 6.92 Å². The van der Waals surface area contributed by atoms with Crippen LogP contribution in [0.1, 0.15) is 17.2 Å². The summed E-state index contributed by atoms with van der Waals surface area (Å²) >= 11 is 8.33. The standard InChI is InChI=1S/C10H9BrN2OS/c1-5-2-3-6(7(11)4-5)8-9(14)13-10(15)12-8/h2-4,8H,1H3,(H2,12,13,14,15). The molecule has 2 N–H and O–H groups in total. The molecule has 0 radical (unpaired) electrons. The monoisotopic (exact) mass is 284 g/mol. The van der Waals surface area contributed by atoms with Gasteiger partial charge in [-0.2, -0.15) is 0 Å². The molecule has 1 aliphatic heterocycles. The second-order valence-electron chi connectivity index (χ2n) is 3.42. The predicted octanol–water partition coefficient (Wildman–Crippen LogP) is 1.80. The molecular weight excluding hydrogens is 276 g/mol. The highest BCUT2D eigenvalue weighted by Gasteiger charge is 2.29. The van der Waals surface area contributed by atoms with E-state index in [2.05, 4.69) is 26.6 Å². The average Bonchev–Trinajstić information content (AvgIpc) is 2.45. The number of nitrogens with one attached hydrogen (secondary N) is 2. The van der Waals surface area contributed by atoms with Crippen LogP contribution >= 0.6 is 28.1 Å². The molecule has 1 heterocycles. The molecule has 1 saturated heterocycles. The summed E-state index contributed by atoms with van der Waals surface area (Å²) in [5.41, 5.74) is 2.05. The van der Waals surface area contributed by atoms with Gasteiger partial charge in [-0.15, -0.1) is 0 Å². The molecule has 3 nitrogen and oxygen atoms in total. The number of amides is 1. The Morgan fingerprint density at radius 1 is 1.47 bits per heavy atom. The fourth-order valence-electron chi connectivity index (χ4n) is 1.50. The molecule has 0 aromatic heterocycles. The van der Waals surface area contributed by atoms with Crippen molar-refractivity contribution in [3.63, 3.8) is 0 Å². The number of benzene rings is 1. The van der Waals surface area contributed by atoms with E-state index in [1.165, 1.54) is 0 Å². The van der Waals surface area contributed by atoms with Gasteiger partial charge in [-0.25, -0.2) is 0 Å². The van der Waals surface area contributed by atoms with Crippen molar-refractivity contribution in [2.24, 2.45) is 0 Å². The van der Waals surface area contributed by atoms with E-state index in [-0.39, 0.29) is 11.9 Å². The van der Waals surface area contributed by atoms with Crippen molar-refractivity contribution in [2.45, 2.75) is 13.0 Å². The normalized spacial score (nSPS) is 20.0. The van der Waals surface area contributed by atoms with Gasteiger partial charge in [0.1, 0.15) is 6.04 Å². The van der Waals surface area contributed by atoms with E-state index in [1.54, 1.807) is 0 Å².